The molecule has 0 N–H and O–H groups in total. The van der Waals surface area contributed by atoms with Crippen LogP contribution in [0.3, 0.4) is 0 Å². The first-order chi connectivity index (χ1) is 6.93. The van der Waals surface area contributed by atoms with Crippen molar-refractivity contribution in [1.82, 2.24) is 4.90 Å². The van der Waals surface area contributed by atoms with E-state index in [9.17, 15) is 9.18 Å². The summed E-state index contributed by atoms with van der Waals surface area (Å²) in [6.07, 6.45) is 0. The number of likely N-dealkylation sites (N-methyl/N-ethyl adjacent to an activating group) is 1. The molecule has 0 aliphatic carbocycles. The number of hydrogen-bond donors (Lipinski definition) is 0. The molecule has 0 aliphatic rings. The van der Waals surface area contributed by atoms with Crippen LogP contribution < -0.4 is 0 Å². The van der Waals surface area contributed by atoms with Gasteiger partial charge in [0.2, 0.25) is 5.91 Å². The highest BCUT2D eigenvalue weighted by Gasteiger charge is 2.21. The number of halogens is 3. The molecule has 1 atom stereocenters. The molecule has 1 amide bonds. The van der Waals surface area contributed by atoms with E-state index in [1.807, 2.05) is 0 Å². The molecular weight excluding hydrogens is 240 g/mol. The van der Waals surface area contributed by atoms with Crippen LogP contribution in [0.1, 0.15) is 10.9 Å². The minimum Gasteiger partial charge on any atom is -0.347 e. The zero-order valence-corrected chi connectivity index (χ0v) is 9.81. The van der Waals surface area contributed by atoms with Gasteiger partial charge in [0.05, 0.1) is 0 Å². The van der Waals surface area contributed by atoms with Gasteiger partial charge in [0.1, 0.15) is 11.2 Å². The Hall–Kier alpha value is -0.800. The predicted molar refractivity (Wildman–Crippen MR) is 58.7 cm³/mol. The van der Waals surface area contributed by atoms with Gasteiger partial charge in [-0.3, -0.25) is 4.79 Å². The largest absolute Gasteiger partial charge is 0.347 e. The van der Waals surface area contributed by atoms with Gasteiger partial charge in [0.15, 0.2) is 0 Å². The monoisotopic (exact) mass is 249 g/mol. The number of amides is 1. The molecule has 0 bridgehead atoms. The first-order valence-corrected chi connectivity index (χ1v) is 5.05. The van der Waals surface area contributed by atoms with E-state index in [0.717, 1.165) is 6.07 Å². The van der Waals surface area contributed by atoms with E-state index in [1.165, 1.54) is 17.0 Å². The van der Waals surface area contributed by atoms with Crippen LogP contribution in [0, 0.1) is 5.82 Å². The van der Waals surface area contributed by atoms with Crippen molar-refractivity contribution in [3.63, 3.8) is 0 Å². The molecule has 1 rings (SSSR count). The van der Waals surface area contributed by atoms with Crippen LogP contribution in [-0.4, -0.2) is 24.9 Å². The minimum absolute atomic E-state index is 0.158. The number of carbonyl (C=O) groups excluding carboxylic acids is 1. The molecule has 0 aromatic heterocycles. The second-order valence-electron chi connectivity index (χ2n) is 3.26. The quantitative estimate of drug-likeness (QED) is 0.739. The van der Waals surface area contributed by atoms with Gasteiger partial charge in [-0.15, -0.1) is 11.6 Å². The smallest absolute Gasteiger partial charge is 0.244 e. The first kappa shape index (κ1) is 12.3. The summed E-state index contributed by atoms with van der Waals surface area (Å²) in [7, 11) is 3.18. The summed E-state index contributed by atoms with van der Waals surface area (Å²) in [6, 6.07) is 3.77. The minimum atomic E-state index is -0.881. The Bertz CT molecular complexity index is 382. The average molecular weight is 250 g/mol. The zero-order valence-electron chi connectivity index (χ0n) is 8.30. The molecule has 1 unspecified atom stereocenters. The van der Waals surface area contributed by atoms with Crippen LogP contribution in [0.15, 0.2) is 18.2 Å². The van der Waals surface area contributed by atoms with E-state index in [1.54, 1.807) is 14.1 Å². The van der Waals surface area contributed by atoms with Gasteiger partial charge in [-0.05, 0) is 17.7 Å². The number of hydrogen-bond acceptors (Lipinski definition) is 1. The molecule has 1 aromatic carbocycles. The van der Waals surface area contributed by atoms with Crippen LogP contribution in [0.5, 0.6) is 0 Å². The fraction of sp³-hybridized carbons (Fsp3) is 0.300. The fourth-order valence-corrected chi connectivity index (χ4v) is 1.78. The SMILES string of the molecule is CN(C)C(=O)C(Cl)c1ccc(F)cc1Cl. The Kier molecular flexibility index (Phi) is 3.94. The number of rotatable bonds is 2. The summed E-state index contributed by atoms with van der Waals surface area (Å²) in [4.78, 5) is 12.9. The Morgan fingerprint density at radius 1 is 1.47 bits per heavy atom. The molecule has 82 valence electrons. The average Bonchev–Trinajstić information content (AvgIpc) is 2.15. The maximum atomic E-state index is 12.7. The van der Waals surface area contributed by atoms with E-state index in [2.05, 4.69) is 0 Å². The third kappa shape index (κ3) is 2.83. The maximum absolute atomic E-state index is 12.7. The summed E-state index contributed by atoms with van der Waals surface area (Å²) < 4.78 is 12.7. The molecule has 5 heteroatoms. The van der Waals surface area contributed by atoms with Gasteiger partial charge >= 0.3 is 0 Å². The summed E-state index contributed by atoms with van der Waals surface area (Å²) in [5.41, 5.74) is 0.415. The van der Waals surface area contributed by atoms with Crippen molar-refractivity contribution in [2.75, 3.05) is 14.1 Å². The Balaban J connectivity index is 3.01. The number of nitrogens with zero attached hydrogens (tertiary/aromatic N) is 1. The lowest BCUT2D eigenvalue weighted by Crippen LogP contribution is -2.25. The van der Waals surface area contributed by atoms with E-state index in [4.69, 9.17) is 23.2 Å². The summed E-state index contributed by atoms with van der Waals surface area (Å²) in [5, 5.41) is -0.724. The molecule has 2 nitrogen and oxygen atoms in total. The molecule has 15 heavy (non-hydrogen) atoms. The van der Waals surface area contributed by atoms with Crippen molar-refractivity contribution in [2.24, 2.45) is 0 Å². The van der Waals surface area contributed by atoms with Crippen LogP contribution in [0.25, 0.3) is 0 Å². The van der Waals surface area contributed by atoms with Gasteiger partial charge in [-0.25, -0.2) is 4.39 Å². The van der Waals surface area contributed by atoms with E-state index < -0.39 is 11.2 Å². The Morgan fingerprint density at radius 3 is 2.53 bits per heavy atom. The molecule has 0 saturated heterocycles. The number of carbonyl (C=O) groups is 1. The number of benzene rings is 1. The topological polar surface area (TPSA) is 20.3 Å². The Labute approximate surface area is 97.6 Å². The van der Waals surface area contributed by atoms with Crippen LogP contribution >= 0.6 is 23.2 Å². The molecule has 0 fully saturated rings. The van der Waals surface area contributed by atoms with Crippen molar-refractivity contribution in [2.45, 2.75) is 5.38 Å². The Morgan fingerprint density at radius 2 is 2.07 bits per heavy atom. The lowest BCUT2D eigenvalue weighted by molar-refractivity contribution is -0.128. The van der Waals surface area contributed by atoms with Crippen molar-refractivity contribution in [3.8, 4) is 0 Å². The van der Waals surface area contributed by atoms with Gasteiger partial charge in [-0.2, -0.15) is 0 Å². The summed E-state index contributed by atoms with van der Waals surface area (Å²) in [5.74, 6) is -0.741. The van der Waals surface area contributed by atoms with E-state index in [0.29, 0.717) is 5.56 Å². The zero-order chi connectivity index (χ0) is 11.6. The van der Waals surface area contributed by atoms with Crippen molar-refractivity contribution < 1.29 is 9.18 Å². The summed E-state index contributed by atoms with van der Waals surface area (Å²) >= 11 is 11.7. The van der Waals surface area contributed by atoms with E-state index in [-0.39, 0.29) is 10.9 Å². The fourth-order valence-electron chi connectivity index (χ4n) is 1.07. The van der Waals surface area contributed by atoms with Crippen LogP contribution in [-0.2, 0) is 4.79 Å². The molecule has 0 saturated carbocycles. The lowest BCUT2D eigenvalue weighted by Gasteiger charge is -2.16. The second-order valence-corrected chi connectivity index (χ2v) is 4.10. The molecule has 0 spiro atoms. The normalized spacial score (nSPS) is 12.3. The van der Waals surface area contributed by atoms with Crippen LogP contribution in [0.4, 0.5) is 4.39 Å². The first-order valence-electron chi connectivity index (χ1n) is 4.23. The van der Waals surface area contributed by atoms with Gasteiger partial charge < -0.3 is 4.90 Å². The lowest BCUT2D eigenvalue weighted by atomic mass is 10.1. The molecule has 0 radical (unpaired) electrons. The molecule has 1 aromatic rings. The predicted octanol–water partition coefficient (Wildman–Crippen LogP) is 2.85. The van der Waals surface area contributed by atoms with Crippen LogP contribution in [0.2, 0.25) is 5.02 Å². The highest BCUT2D eigenvalue weighted by molar-refractivity contribution is 6.35. The van der Waals surface area contributed by atoms with E-state index >= 15 is 0 Å². The molecule has 0 heterocycles. The highest BCUT2D eigenvalue weighted by Crippen LogP contribution is 2.29. The number of alkyl halides is 1. The molecular formula is C10H10Cl2FNO. The van der Waals surface area contributed by atoms with Crippen molar-refractivity contribution >= 4 is 29.1 Å². The van der Waals surface area contributed by atoms with Gasteiger partial charge in [-0.1, -0.05) is 17.7 Å². The van der Waals surface area contributed by atoms with Crippen molar-refractivity contribution in [1.29, 1.82) is 0 Å². The third-order valence-electron chi connectivity index (χ3n) is 1.89. The standard InChI is InChI=1S/C10H10Cl2FNO/c1-14(2)10(15)9(12)7-4-3-6(13)5-8(7)11/h3-5,9H,1-2H3. The van der Waals surface area contributed by atoms with Crippen molar-refractivity contribution in [3.05, 3.63) is 34.6 Å². The maximum Gasteiger partial charge on any atom is 0.244 e. The second kappa shape index (κ2) is 4.81. The highest BCUT2D eigenvalue weighted by atomic mass is 35.5. The van der Waals surface area contributed by atoms with Gasteiger partial charge in [0.25, 0.3) is 0 Å². The summed E-state index contributed by atoms with van der Waals surface area (Å²) in [6.45, 7) is 0. The third-order valence-corrected chi connectivity index (χ3v) is 2.64. The molecule has 0 aliphatic heterocycles. The van der Waals surface area contributed by atoms with Gasteiger partial charge in [0, 0.05) is 19.1 Å².